The average Bonchev–Trinajstić information content (AvgIpc) is 3.54. The summed E-state index contributed by atoms with van der Waals surface area (Å²) in [5, 5.41) is 8.22. The van der Waals surface area contributed by atoms with Crippen LogP contribution in [0.25, 0.3) is 21.3 Å². The fraction of sp³-hybridized carbons (Fsp3) is 0.556. The summed E-state index contributed by atoms with van der Waals surface area (Å²) in [4.78, 5) is 15.9. The molecule has 1 N–H and O–H groups in total. The lowest BCUT2D eigenvalue weighted by atomic mass is 9.81. The Kier molecular flexibility index (Phi) is 9.72. The molecule has 4 rings (SSSR count). The van der Waals surface area contributed by atoms with Crippen LogP contribution >= 0.6 is 11.3 Å². The first-order valence-corrected chi connectivity index (χ1v) is 15.7. The monoisotopic (exact) mass is 632 g/mol. The number of ether oxygens (including phenoxy) is 1. The highest BCUT2D eigenvalue weighted by Crippen LogP contribution is 2.44. The molecule has 9 nitrogen and oxygen atoms in total. The average molecular weight is 633 g/mol. The summed E-state index contributed by atoms with van der Waals surface area (Å²) in [6.45, 7) is 3.80. The SMILES string of the molecule is CC[C@H](CF)NS(=O)(=O)c1ccc(-c2sc(-c3nnc(CC(C)(C)C(=O)OC)o3)nc2CC2CCC2)c(C(F)F)c1F. The van der Waals surface area contributed by atoms with E-state index in [1.54, 1.807) is 13.8 Å². The third kappa shape index (κ3) is 6.67. The summed E-state index contributed by atoms with van der Waals surface area (Å²) in [6.07, 6.45) is 0.0965. The topological polar surface area (TPSA) is 124 Å². The highest BCUT2D eigenvalue weighted by atomic mass is 32.2. The molecule has 0 unspecified atom stereocenters. The Bertz CT molecular complexity index is 1530. The van der Waals surface area contributed by atoms with Gasteiger partial charge >= 0.3 is 5.97 Å². The van der Waals surface area contributed by atoms with E-state index in [2.05, 4.69) is 15.2 Å². The van der Waals surface area contributed by atoms with Crippen molar-refractivity contribution in [2.24, 2.45) is 11.3 Å². The standard InChI is InChI=1S/C27H32F4N4O5S2/c1-5-15(13-28)35-42(37,38)18-10-9-16(20(21(18)29)23(30)31)22-17(11-14-7-6-8-14)32-25(41-22)24-34-33-19(40-24)12-27(2,3)26(36)39-4/h9-10,14-15,23,35H,5-8,11-13H2,1-4H3/t15-/m1/s1. The van der Waals surface area contributed by atoms with Crippen molar-refractivity contribution in [3.05, 3.63) is 35.1 Å². The van der Waals surface area contributed by atoms with Gasteiger partial charge in [-0.15, -0.1) is 21.5 Å². The summed E-state index contributed by atoms with van der Waals surface area (Å²) in [6, 6.07) is 0.894. The van der Waals surface area contributed by atoms with Crippen molar-refractivity contribution in [1.29, 1.82) is 0 Å². The second-order valence-electron chi connectivity index (χ2n) is 10.9. The van der Waals surface area contributed by atoms with E-state index in [-0.39, 0.29) is 46.0 Å². The van der Waals surface area contributed by atoms with Crippen molar-refractivity contribution in [3.63, 3.8) is 0 Å². The van der Waals surface area contributed by atoms with Gasteiger partial charge in [-0.05, 0) is 38.7 Å². The molecule has 0 saturated heterocycles. The zero-order valence-corrected chi connectivity index (χ0v) is 25.2. The van der Waals surface area contributed by atoms with Gasteiger partial charge in [0.2, 0.25) is 15.9 Å². The molecule has 1 saturated carbocycles. The largest absolute Gasteiger partial charge is 0.469 e. The number of thiazole rings is 1. The lowest BCUT2D eigenvalue weighted by Crippen LogP contribution is -2.36. The number of aromatic nitrogens is 3. The summed E-state index contributed by atoms with van der Waals surface area (Å²) < 4.78 is 95.7. The Labute approximate surface area is 245 Å². The number of alkyl halides is 3. The normalized spacial score (nSPS) is 15.2. The number of methoxy groups -OCH3 is 1. The van der Waals surface area contributed by atoms with Crippen LogP contribution in [-0.2, 0) is 32.4 Å². The van der Waals surface area contributed by atoms with Gasteiger partial charge in [-0.1, -0.05) is 32.3 Å². The van der Waals surface area contributed by atoms with E-state index in [0.717, 1.165) is 42.7 Å². The summed E-state index contributed by atoms with van der Waals surface area (Å²) >= 11 is 0.942. The van der Waals surface area contributed by atoms with E-state index in [0.29, 0.717) is 12.1 Å². The summed E-state index contributed by atoms with van der Waals surface area (Å²) in [5.41, 5.74) is -1.83. The number of hydrogen-bond donors (Lipinski definition) is 1. The van der Waals surface area contributed by atoms with Crippen LogP contribution in [0.2, 0.25) is 0 Å². The molecule has 1 aliphatic rings. The Morgan fingerprint density at radius 2 is 1.98 bits per heavy atom. The number of benzene rings is 1. The maximum Gasteiger partial charge on any atom is 0.311 e. The minimum atomic E-state index is -4.63. The number of nitrogens with one attached hydrogen (secondary N) is 1. The molecule has 230 valence electrons. The van der Waals surface area contributed by atoms with Crippen molar-refractivity contribution < 1.29 is 39.9 Å². The predicted molar refractivity (Wildman–Crippen MR) is 147 cm³/mol. The van der Waals surface area contributed by atoms with Gasteiger partial charge in [0.05, 0.1) is 34.7 Å². The fourth-order valence-electron chi connectivity index (χ4n) is 4.60. The predicted octanol–water partition coefficient (Wildman–Crippen LogP) is 6.05. The molecule has 1 aliphatic carbocycles. The van der Waals surface area contributed by atoms with Gasteiger partial charge in [0.15, 0.2) is 10.8 Å². The van der Waals surface area contributed by atoms with E-state index in [9.17, 15) is 26.4 Å². The second kappa shape index (κ2) is 12.8. The molecular weight excluding hydrogens is 600 g/mol. The third-order valence-corrected chi connectivity index (χ3v) is 9.94. The number of hydrogen-bond acceptors (Lipinski definition) is 9. The van der Waals surface area contributed by atoms with E-state index in [1.807, 2.05) is 4.72 Å². The Hall–Kier alpha value is -2.91. The van der Waals surface area contributed by atoms with Crippen LogP contribution < -0.4 is 4.72 Å². The van der Waals surface area contributed by atoms with Crippen LogP contribution in [-0.4, -0.2) is 49.4 Å². The summed E-state index contributed by atoms with van der Waals surface area (Å²) in [7, 11) is -3.36. The quantitative estimate of drug-likeness (QED) is 0.179. The van der Waals surface area contributed by atoms with Crippen LogP contribution in [0, 0.1) is 17.2 Å². The van der Waals surface area contributed by atoms with Crippen LogP contribution in [0.5, 0.6) is 0 Å². The van der Waals surface area contributed by atoms with Crippen LogP contribution in [0.1, 0.15) is 70.0 Å². The van der Waals surface area contributed by atoms with Crippen LogP contribution in [0.4, 0.5) is 17.6 Å². The fourth-order valence-corrected chi connectivity index (χ4v) is 7.04. The molecule has 1 fully saturated rings. The first kappa shape index (κ1) is 32.0. The molecule has 15 heteroatoms. The smallest absolute Gasteiger partial charge is 0.311 e. The number of rotatable bonds is 13. The Morgan fingerprint density at radius 3 is 2.55 bits per heavy atom. The lowest BCUT2D eigenvalue weighted by Gasteiger charge is -2.25. The maximum absolute atomic E-state index is 15.6. The molecule has 1 atom stereocenters. The van der Waals surface area contributed by atoms with Crippen molar-refractivity contribution in [2.75, 3.05) is 13.8 Å². The van der Waals surface area contributed by atoms with Gasteiger partial charge in [-0.3, -0.25) is 4.79 Å². The van der Waals surface area contributed by atoms with E-state index in [4.69, 9.17) is 9.15 Å². The Morgan fingerprint density at radius 1 is 1.26 bits per heavy atom. The van der Waals surface area contributed by atoms with E-state index in [1.165, 1.54) is 14.0 Å². The van der Waals surface area contributed by atoms with Gasteiger partial charge in [-0.25, -0.2) is 35.7 Å². The first-order valence-electron chi connectivity index (χ1n) is 13.4. The van der Waals surface area contributed by atoms with Crippen molar-refractivity contribution in [1.82, 2.24) is 19.9 Å². The number of nitrogens with zero attached hydrogens (tertiary/aromatic N) is 3. The lowest BCUT2D eigenvalue weighted by molar-refractivity contribution is -0.150. The van der Waals surface area contributed by atoms with E-state index >= 15 is 4.39 Å². The van der Waals surface area contributed by atoms with Gasteiger partial charge < -0.3 is 9.15 Å². The number of carbonyl (C=O) groups is 1. The maximum atomic E-state index is 15.6. The number of carbonyl (C=O) groups excluding carboxylic acids is 1. The summed E-state index contributed by atoms with van der Waals surface area (Å²) in [5.74, 6) is -1.70. The van der Waals surface area contributed by atoms with Crippen molar-refractivity contribution in [3.8, 4) is 21.3 Å². The number of halogens is 4. The van der Waals surface area contributed by atoms with Crippen molar-refractivity contribution in [2.45, 2.75) is 76.7 Å². The minimum Gasteiger partial charge on any atom is -0.469 e. The molecular formula is C27H32F4N4O5S2. The van der Waals surface area contributed by atoms with Gasteiger partial charge in [0.25, 0.3) is 12.3 Å². The highest BCUT2D eigenvalue weighted by Gasteiger charge is 2.34. The molecule has 1 aromatic carbocycles. The number of sulfonamides is 1. The molecule has 0 aliphatic heterocycles. The van der Waals surface area contributed by atoms with Gasteiger partial charge in [-0.2, -0.15) is 0 Å². The minimum absolute atomic E-state index is 0.00364. The molecule has 0 bridgehead atoms. The molecule has 0 amide bonds. The molecule has 0 radical (unpaired) electrons. The van der Waals surface area contributed by atoms with Gasteiger partial charge in [0, 0.05) is 12.0 Å². The number of esters is 1. The molecule has 42 heavy (non-hydrogen) atoms. The van der Waals surface area contributed by atoms with Crippen molar-refractivity contribution >= 4 is 27.3 Å². The van der Waals surface area contributed by atoms with E-state index < -0.39 is 56.8 Å². The zero-order chi connectivity index (χ0) is 30.8. The van der Waals surface area contributed by atoms with Crippen LogP contribution in [0.3, 0.4) is 0 Å². The zero-order valence-electron chi connectivity index (χ0n) is 23.5. The molecule has 3 aromatic rings. The highest BCUT2D eigenvalue weighted by molar-refractivity contribution is 7.89. The Balaban J connectivity index is 1.77. The van der Waals surface area contributed by atoms with Gasteiger partial charge in [0.1, 0.15) is 11.6 Å². The molecule has 0 spiro atoms. The first-order chi connectivity index (χ1) is 19.8. The second-order valence-corrected chi connectivity index (χ2v) is 13.6. The van der Waals surface area contributed by atoms with Crippen LogP contribution in [0.15, 0.2) is 21.4 Å². The third-order valence-electron chi connectivity index (χ3n) is 7.28. The molecule has 2 aromatic heterocycles. The molecule has 2 heterocycles.